The molecule has 3 atom stereocenters. The van der Waals surface area contributed by atoms with Crippen LogP contribution in [0.5, 0.6) is 0 Å². The van der Waals surface area contributed by atoms with Gasteiger partial charge in [-0.25, -0.2) is 0 Å². The van der Waals surface area contributed by atoms with E-state index in [2.05, 4.69) is 19.2 Å². The summed E-state index contributed by atoms with van der Waals surface area (Å²) in [7, 11) is 1.79. The zero-order chi connectivity index (χ0) is 12.5. The largest absolute Gasteiger partial charge is 0.383 e. The van der Waals surface area contributed by atoms with Crippen molar-refractivity contribution in [3.05, 3.63) is 0 Å². The van der Waals surface area contributed by atoms with Crippen molar-refractivity contribution in [3.63, 3.8) is 0 Å². The fourth-order valence-corrected chi connectivity index (χ4v) is 2.65. The number of nitrogens with one attached hydrogen (secondary N) is 1. The van der Waals surface area contributed by atoms with E-state index in [1.165, 1.54) is 25.7 Å². The average Bonchev–Trinajstić information content (AvgIpc) is 2.30. The first-order valence-electron chi connectivity index (χ1n) is 7.16. The van der Waals surface area contributed by atoms with Gasteiger partial charge in [0.2, 0.25) is 0 Å². The molecule has 1 fully saturated rings. The molecule has 0 bridgehead atoms. The van der Waals surface area contributed by atoms with E-state index in [1.807, 2.05) is 0 Å². The second-order valence-electron chi connectivity index (χ2n) is 5.11. The van der Waals surface area contributed by atoms with Crippen molar-refractivity contribution < 1.29 is 9.47 Å². The molecule has 0 aromatic carbocycles. The molecule has 1 saturated heterocycles. The Bertz CT molecular complexity index is 179. The van der Waals surface area contributed by atoms with Crippen LogP contribution in [0.2, 0.25) is 0 Å². The molecule has 0 saturated carbocycles. The van der Waals surface area contributed by atoms with Crippen LogP contribution in [0.1, 0.15) is 52.4 Å². The highest BCUT2D eigenvalue weighted by Gasteiger charge is 2.23. The van der Waals surface area contributed by atoms with Gasteiger partial charge in [0.1, 0.15) is 0 Å². The maximum Gasteiger partial charge on any atom is 0.0615 e. The Morgan fingerprint density at radius 1 is 1.35 bits per heavy atom. The number of methoxy groups -OCH3 is 1. The zero-order valence-corrected chi connectivity index (χ0v) is 11.7. The normalized spacial score (nSPS) is 27.0. The van der Waals surface area contributed by atoms with E-state index in [0.717, 1.165) is 26.1 Å². The molecule has 0 aliphatic carbocycles. The van der Waals surface area contributed by atoms with Crippen molar-refractivity contribution in [2.75, 3.05) is 20.3 Å². The molecule has 0 aromatic rings. The summed E-state index contributed by atoms with van der Waals surface area (Å²) >= 11 is 0. The highest BCUT2D eigenvalue weighted by molar-refractivity contribution is 4.80. The lowest BCUT2D eigenvalue weighted by Gasteiger charge is -2.33. The summed E-state index contributed by atoms with van der Waals surface area (Å²) in [6.45, 7) is 6.19. The van der Waals surface area contributed by atoms with E-state index in [9.17, 15) is 0 Å². The quantitative estimate of drug-likeness (QED) is 0.711. The van der Waals surface area contributed by atoms with Gasteiger partial charge in [-0.2, -0.15) is 0 Å². The lowest BCUT2D eigenvalue weighted by Crippen LogP contribution is -2.45. The van der Waals surface area contributed by atoms with Crippen molar-refractivity contribution in [1.29, 1.82) is 0 Å². The summed E-state index contributed by atoms with van der Waals surface area (Å²) in [6.07, 6.45) is 7.60. The van der Waals surface area contributed by atoms with Crippen molar-refractivity contribution in [1.82, 2.24) is 5.32 Å². The summed E-state index contributed by atoms with van der Waals surface area (Å²) in [5.74, 6) is 0. The first-order valence-corrected chi connectivity index (χ1v) is 7.16. The molecular formula is C14H29NO2. The van der Waals surface area contributed by atoms with Crippen LogP contribution in [0.25, 0.3) is 0 Å². The first-order chi connectivity index (χ1) is 8.30. The van der Waals surface area contributed by atoms with Gasteiger partial charge in [0.05, 0.1) is 12.7 Å². The predicted molar refractivity (Wildman–Crippen MR) is 71.4 cm³/mol. The lowest BCUT2D eigenvalue weighted by atomic mass is 9.98. The number of ether oxygens (including phenoxy) is 2. The van der Waals surface area contributed by atoms with Crippen LogP contribution in [-0.2, 0) is 9.47 Å². The molecule has 17 heavy (non-hydrogen) atoms. The molecule has 3 heteroatoms. The fourth-order valence-electron chi connectivity index (χ4n) is 2.65. The highest BCUT2D eigenvalue weighted by atomic mass is 16.5. The second kappa shape index (κ2) is 8.90. The van der Waals surface area contributed by atoms with Crippen LogP contribution < -0.4 is 5.32 Å². The summed E-state index contributed by atoms with van der Waals surface area (Å²) in [5.41, 5.74) is 0. The van der Waals surface area contributed by atoms with Crippen LogP contribution in [0.15, 0.2) is 0 Å². The fraction of sp³-hybridized carbons (Fsp3) is 1.00. The van der Waals surface area contributed by atoms with Gasteiger partial charge in [0.15, 0.2) is 0 Å². The maximum absolute atomic E-state index is 5.78. The minimum Gasteiger partial charge on any atom is -0.383 e. The molecule has 1 aliphatic rings. The predicted octanol–water partition coefficient (Wildman–Crippen LogP) is 2.74. The minimum atomic E-state index is 0.469. The summed E-state index contributed by atoms with van der Waals surface area (Å²) in [6, 6.07) is 1.13. The summed E-state index contributed by atoms with van der Waals surface area (Å²) in [5, 5.41) is 3.74. The van der Waals surface area contributed by atoms with E-state index >= 15 is 0 Å². The van der Waals surface area contributed by atoms with E-state index in [1.54, 1.807) is 7.11 Å². The summed E-state index contributed by atoms with van der Waals surface area (Å²) < 4.78 is 11.1. The number of rotatable bonds is 8. The van der Waals surface area contributed by atoms with Crippen molar-refractivity contribution in [2.24, 2.45) is 0 Å². The van der Waals surface area contributed by atoms with Gasteiger partial charge in [0.25, 0.3) is 0 Å². The third kappa shape index (κ3) is 5.84. The Balaban J connectivity index is 2.32. The summed E-state index contributed by atoms with van der Waals surface area (Å²) in [4.78, 5) is 0. The number of hydrogen-bond acceptors (Lipinski definition) is 3. The van der Waals surface area contributed by atoms with Crippen molar-refractivity contribution >= 4 is 0 Å². The van der Waals surface area contributed by atoms with Gasteiger partial charge in [-0.05, 0) is 25.7 Å². The molecule has 0 aromatic heterocycles. The smallest absolute Gasteiger partial charge is 0.0615 e. The Morgan fingerprint density at radius 3 is 2.82 bits per heavy atom. The molecule has 1 heterocycles. The monoisotopic (exact) mass is 243 g/mol. The molecule has 0 amide bonds. The standard InChI is InChI=1S/C14H29NO2/c1-4-6-13(11-16-3)15-12-8-9-17-14(10-12)7-5-2/h12-15H,4-11H2,1-3H3. The van der Waals surface area contributed by atoms with Crippen LogP contribution in [0, 0.1) is 0 Å². The van der Waals surface area contributed by atoms with Gasteiger partial charge >= 0.3 is 0 Å². The molecule has 0 spiro atoms. The Hall–Kier alpha value is -0.120. The van der Waals surface area contributed by atoms with Gasteiger partial charge in [-0.15, -0.1) is 0 Å². The molecule has 3 nitrogen and oxygen atoms in total. The molecule has 1 N–H and O–H groups in total. The topological polar surface area (TPSA) is 30.5 Å². The molecule has 3 unspecified atom stereocenters. The number of hydrogen-bond donors (Lipinski definition) is 1. The molecular weight excluding hydrogens is 214 g/mol. The molecule has 0 radical (unpaired) electrons. The van der Waals surface area contributed by atoms with E-state index in [-0.39, 0.29) is 0 Å². The Morgan fingerprint density at radius 2 is 2.18 bits per heavy atom. The SMILES string of the molecule is CCCC(COC)NC1CCOC(CCC)C1. The maximum atomic E-state index is 5.78. The van der Waals surface area contributed by atoms with Gasteiger partial charge in [-0.1, -0.05) is 26.7 Å². The Labute approximate surface area is 106 Å². The highest BCUT2D eigenvalue weighted by Crippen LogP contribution is 2.18. The van der Waals surface area contributed by atoms with E-state index in [4.69, 9.17) is 9.47 Å². The van der Waals surface area contributed by atoms with Gasteiger partial charge in [0, 0.05) is 25.8 Å². The second-order valence-corrected chi connectivity index (χ2v) is 5.11. The van der Waals surface area contributed by atoms with Gasteiger partial charge in [-0.3, -0.25) is 0 Å². The van der Waals surface area contributed by atoms with E-state index in [0.29, 0.717) is 18.2 Å². The minimum absolute atomic E-state index is 0.469. The van der Waals surface area contributed by atoms with Crippen LogP contribution in [0.3, 0.4) is 0 Å². The molecule has 1 aliphatic heterocycles. The van der Waals surface area contributed by atoms with Crippen LogP contribution in [0.4, 0.5) is 0 Å². The van der Waals surface area contributed by atoms with E-state index < -0.39 is 0 Å². The Kier molecular flexibility index (Phi) is 7.82. The third-order valence-corrected chi connectivity index (χ3v) is 3.45. The van der Waals surface area contributed by atoms with Gasteiger partial charge < -0.3 is 14.8 Å². The van der Waals surface area contributed by atoms with Crippen molar-refractivity contribution in [2.45, 2.75) is 70.6 Å². The van der Waals surface area contributed by atoms with Crippen LogP contribution in [-0.4, -0.2) is 38.5 Å². The third-order valence-electron chi connectivity index (χ3n) is 3.45. The van der Waals surface area contributed by atoms with Crippen LogP contribution >= 0.6 is 0 Å². The first kappa shape index (κ1) is 14.9. The lowest BCUT2D eigenvalue weighted by molar-refractivity contribution is -0.00716. The zero-order valence-electron chi connectivity index (χ0n) is 11.7. The van der Waals surface area contributed by atoms with Crippen molar-refractivity contribution in [3.8, 4) is 0 Å². The molecule has 1 rings (SSSR count). The average molecular weight is 243 g/mol. The molecule has 102 valence electrons.